The van der Waals surface area contributed by atoms with Gasteiger partial charge in [-0.3, -0.25) is 0 Å². The molecule has 0 aliphatic rings. The Bertz CT molecular complexity index is 393. The van der Waals surface area contributed by atoms with E-state index in [1.165, 1.54) is 18.2 Å². The van der Waals surface area contributed by atoms with Crippen LogP contribution in [0.4, 0.5) is 13.2 Å². The first kappa shape index (κ1) is 12.1. The van der Waals surface area contributed by atoms with Crippen molar-refractivity contribution in [2.45, 2.75) is 6.36 Å². The quantitative estimate of drug-likeness (QED) is 0.815. The molecule has 1 rings (SSSR count). The summed E-state index contributed by atoms with van der Waals surface area (Å²) in [4.78, 5) is 10.2. The zero-order valence-corrected chi connectivity index (χ0v) is 7.86. The first-order valence-electron chi connectivity index (χ1n) is 4.13. The van der Waals surface area contributed by atoms with Crippen molar-refractivity contribution in [2.24, 2.45) is 0 Å². The molecule has 3 nitrogen and oxygen atoms in total. The highest BCUT2D eigenvalue weighted by molar-refractivity contribution is 5.85. The molecule has 0 radical (unpaired) electrons. The van der Waals surface area contributed by atoms with E-state index in [4.69, 9.17) is 5.11 Å². The molecule has 6 heteroatoms. The second-order valence-corrected chi connectivity index (χ2v) is 2.79. The van der Waals surface area contributed by atoms with Crippen LogP contribution in [0.5, 0.6) is 5.75 Å². The van der Waals surface area contributed by atoms with E-state index in [0.717, 1.165) is 18.2 Å². The molecule has 1 aromatic rings. The number of rotatable bonds is 3. The lowest BCUT2D eigenvalue weighted by Gasteiger charge is -2.08. The molecule has 0 aliphatic heterocycles. The molecular weight excluding hydrogens is 225 g/mol. The van der Waals surface area contributed by atoms with E-state index in [9.17, 15) is 18.0 Å². The van der Waals surface area contributed by atoms with Gasteiger partial charge in [-0.05, 0) is 23.8 Å². The van der Waals surface area contributed by atoms with Crippen LogP contribution in [-0.2, 0) is 4.79 Å². The number of carboxylic acids is 1. The summed E-state index contributed by atoms with van der Waals surface area (Å²) in [5, 5.41) is 8.32. The summed E-state index contributed by atoms with van der Waals surface area (Å²) >= 11 is 0. The third kappa shape index (κ3) is 4.50. The molecule has 1 N–H and O–H groups in total. The molecular formula is C10H7F3O3. The summed E-state index contributed by atoms with van der Waals surface area (Å²) in [7, 11) is 0. The molecule has 0 aromatic heterocycles. The van der Waals surface area contributed by atoms with Crippen LogP contribution in [-0.4, -0.2) is 17.4 Å². The molecule has 86 valence electrons. The van der Waals surface area contributed by atoms with Crippen LogP contribution in [0.1, 0.15) is 5.56 Å². The van der Waals surface area contributed by atoms with Gasteiger partial charge in [0, 0.05) is 6.08 Å². The highest BCUT2D eigenvalue weighted by atomic mass is 19.4. The summed E-state index contributed by atoms with van der Waals surface area (Å²) in [5.41, 5.74) is 0.469. The maximum Gasteiger partial charge on any atom is 0.573 e. The molecule has 0 aliphatic carbocycles. The van der Waals surface area contributed by atoms with Crippen LogP contribution in [0.2, 0.25) is 0 Å². The first-order chi connectivity index (χ1) is 7.37. The van der Waals surface area contributed by atoms with Crippen molar-refractivity contribution in [3.8, 4) is 5.75 Å². The fourth-order valence-corrected chi connectivity index (χ4v) is 0.948. The van der Waals surface area contributed by atoms with Gasteiger partial charge >= 0.3 is 12.3 Å². The molecule has 0 amide bonds. The summed E-state index contributed by atoms with van der Waals surface area (Å²) in [6, 6.07) is 4.85. The van der Waals surface area contributed by atoms with E-state index >= 15 is 0 Å². The van der Waals surface area contributed by atoms with Crippen LogP contribution < -0.4 is 4.74 Å². The highest BCUT2D eigenvalue weighted by Crippen LogP contribution is 2.22. The van der Waals surface area contributed by atoms with Gasteiger partial charge < -0.3 is 9.84 Å². The number of hydrogen-bond acceptors (Lipinski definition) is 2. The molecule has 0 unspecified atom stereocenters. The van der Waals surface area contributed by atoms with Crippen molar-refractivity contribution < 1.29 is 27.8 Å². The maximum atomic E-state index is 11.8. The molecule has 0 heterocycles. The summed E-state index contributed by atoms with van der Waals surface area (Å²) in [6.45, 7) is 0. The van der Waals surface area contributed by atoms with E-state index < -0.39 is 12.3 Å². The van der Waals surface area contributed by atoms with E-state index in [1.54, 1.807) is 0 Å². The average molecular weight is 232 g/mol. The number of hydrogen-bond donors (Lipinski definition) is 1. The summed E-state index contributed by atoms with van der Waals surface area (Å²) in [6.07, 6.45) is -2.57. The van der Waals surface area contributed by atoms with Gasteiger partial charge in [0.25, 0.3) is 0 Å². The largest absolute Gasteiger partial charge is 0.573 e. The van der Waals surface area contributed by atoms with Gasteiger partial charge in [-0.15, -0.1) is 13.2 Å². The Morgan fingerprint density at radius 3 is 2.25 bits per heavy atom. The van der Waals surface area contributed by atoms with Crippen LogP contribution in [0.15, 0.2) is 30.3 Å². The lowest BCUT2D eigenvalue weighted by atomic mass is 10.2. The zero-order valence-electron chi connectivity index (χ0n) is 7.86. The van der Waals surface area contributed by atoms with Crippen LogP contribution >= 0.6 is 0 Å². The predicted octanol–water partition coefficient (Wildman–Crippen LogP) is 2.68. The molecule has 0 bridgehead atoms. The maximum absolute atomic E-state index is 11.8. The monoisotopic (exact) mass is 232 g/mol. The second kappa shape index (κ2) is 4.69. The molecule has 0 saturated carbocycles. The van der Waals surface area contributed by atoms with Gasteiger partial charge in [0.2, 0.25) is 0 Å². The molecule has 0 saturated heterocycles. The minimum absolute atomic E-state index is 0.347. The smallest absolute Gasteiger partial charge is 0.478 e. The van der Waals surface area contributed by atoms with Gasteiger partial charge in [-0.25, -0.2) is 4.79 Å². The van der Waals surface area contributed by atoms with Crippen molar-refractivity contribution >= 4 is 12.0 Å². The van der Waals surface area contributed by atoms with Crippen LogP contribution in [0.3, 0.4) is 0 Å². The molecule has 16 heavy (non-hydrogen) atoms. The lowest BCUT2D eigenvalue weighted by Crippen LogP contribution is -2.16. The normalized spacial score (nSPS) is 11.7. The zero-order chi connectivity index (χ0) is 12.2. The van der Waals surface area contributed by atoms with Gasteiger partial charge in [-0.2, -0.15) is 0 Å². The third-order valence-electron chi connectivity index (χ3n) is 1.53. The van der Waals surface area contributed by atoms with E-state index in [1.807, 2.05) is 0 Å². The number of ether oxygens (including phenoxy) is 1. The first-order valence-corrected chi connectivity index (χ1v) is 4.13. The Morgan fingerprint density at radius 1 is 1.25 bits per heavy atom. The molecule has 1 aromatic carbocycles. The number of carboxylic acid groups (broad SMARTS) is 1. The number of halogens is 3. The van der Waals surface area contributed by atoms with E-state index in [-0.39, 0.29) is 5.75 Å². The fraction of sp³-hybridized carbons (Fsp3) is 0.100. The van der Waals surface area contributed by atoms with Gasteiger partial charge in [0.05, 0.1) is 0 Å². The minimum Gasteiger partial charge on any atom is -0.478 e. The Hall–Kier alpha value is -1.98. The second-order valence-electron chi connectivity index (χ2n) is 2.79. The molecule has 0 fully saturated rings. The highest BCUT2D eigenvalue weighted by Gasteiger charge is 2.30. The predicted molar refractivity (Wildman–Crippen MR) is 49.8 cm³/mol. The average Bonchev–Trinajstić information content (AvgIpc) is 2.14. The van der Waals surface area contributed by atoms with E-state index in [0.29, 0.717) is 5.56 Å². The van der Waals surface area contributed by atoms with Crippen molar-refractivity contribution in [2.75, 3.05) is 0 Å². The summed E-state index contributed by atoms with van der Waals surface area (Å²) < 4.78 is 39.0. The Balaban J connectivity index is 2.72. The van der Waals surface area contributed by atoms with Crippen molar-refractivity contribution in [3.63, 3.8) is 0 Å². The lowest BCUT2D eigenvalue weighted by molar-refractivity contribution is -0.274. The van der Waals surface area contributed by atoms with Gasteiger partial charge in [-0.1, -0.05) is 12.1 Å². The Morgan fingerprint density at radius 2 is 1.81 bits per heavy atom. The van der Waals surface area contributed by atoms with Crippen LogP contribution in [0, 0.1) is 0 Å². The Labute approximate surface area is 88.8 Å². The van der Waals surface area contributed by atoms with Crippen LogP contribution in [0.25, 0.3) is 6.08 Å². The van der Waals surface area contributed by atoms with Crippen molar-refractivity contribution in [1.82, 2.24) is 0 Å². The Kier molecular flexibility index (Phi) is 3.55. The van der Waals surface area contributed by atoms with E-state index in [2.05, 4.69) is 4.74 Å². The minimum atomic E-state index is -4.72. The molecule has 0 atom stereocenters. The third-order valence-corrected chi connectivity index (χ3v) is 1.53. The number of alkyl halides is 3. The topological polar surface area (TPSA) is 46.5 Å². The van der Waals surface area contributed by atoms with Crippen molar-refractivity contribution in [3.05, 3.63) is 35.9 Å². The number of benzene rings is 1. The van der Waals surface area contributed by atoms with Gasteiger partial charge in [0.1, 0.15) is 5.75 Å². The van der Waals surface area contributed by atoms with Gasteiger partial charge in [0.15, 0.2) is 0 Å². The number of aliphatic carboxylic acids is 1. The van der Waals surface area contributed by atoms with Crippen molar-refractivity contribution in [1.29, 1.82) is 0 Å². The summed E-state index contributed by atoms with van der Waals surface area (Å²) in [5.74, 6) is -1.48. The molecule has 0 spiro atoms. The number of carbonyl (C=O) groups is 1. The SMILES string of the molecule is O=C(O)/C=C\c1ccc(OC(F)(F)F)cc1. The fourth-order valence-electron chi connectivity index (χ4n) is 0.948. The standard InChI is InChI=1S/C10H7F3O3/c11-10(12,13)16-8-4-1-7(2-5-8)3-6-9(14)15/h1-6H,(H,14,15)/b6-3-.